The zero-order valence-electron chi connectivity index (χ0n) is 17.4. The largest absolute Gasteiger partial charge is 0.378 e. The molecule has 7 nitrogen and oxygen atoms in total. The van der Waals surface area contributed by atoms with E-state index in [4.69, 9.17) is 4.74 Å². The molecule has 0 radical (unpaired) electrons. The van der Waals surface area contributed by atoms with E-state index in [1.165, 1.54) is 17.3 Å². The topological polar surface area (TPSA) is 72.3 Å². The summed E-state index contributed by atoms with van der Waals surface area (Å²) in [4.78, 5) is 14.9. The lowest BCUT2D eigenvalue weighted by Gasteiger charge is -2.27. The van der Waals surface area contributed by atoms with Gasteiger partial charge in [-0.05, 0) is 36.8 Å². The highest BCUT2D eigenvalue weighted by atomic mass is 32.2. The van der Waals surface area contributed by atoms with Crippen molar-refractivity contribution in [2.75, 3.05) is 42.3 Å². The average Bonchev–Trinajstić information content (AvgIpc) is 3.47. The van der Waals surface area contributed by atoms with E-state index in [1.54, 1.807) is 0 Å². The molecule has 156 valence electrons. The molecule has 1 saturated heterocycles. The van der Waals surface area contributed by atoms with Gasteiger partial charge in [0.15, 0.2) is 5.16 Å². The van der Waals surface area contributed by atoms with Crippen molar-refractivity contribution in [1.29, 1.82) is 0 Å². The molecule has 1 aliphatic carbocycles. The van der Waals surface area contributed by atoms with Crippen LogP contribution in [0.5, 0.6) is 0 Å². The Labute approximate surface area is 176 Å². The molecule has 1 aliphatic heterocycles. The fourth-order valence-corrected chi connectivity index (χ4v) is 4.45. The molecule has 8 heteroatoms. The molecule has 1 saturated carbocycles. The Morgan fingerprint density at radius 2 is 2.03 bits per heavy atom. The van der Waals surface area contributed by atoms with Crippen LogP contribution in [0.25, 0.3) is 0 Å². The van der Waals surface area contributed by atoms with Crippen molar-refractivity contribution in [2.45, 2.75) is 50.7 Å². The number of carbonyl (C=O) groups is 1. The van der Waals surface area contributed by atoms with Crippen LogP contribution < -0.4 is 10.2 Å². The molecule has 0 unspecified atom stereocenters. The number of amides is 1. The van der Waals surface area contributed by atoms with Crippen molar-refractivity contribution in [3.8, 4) is 0 Å². The monoisotopic (exact) mass is 415 g/mol. The number of nitrogens with zero attached hydrogens (tertiary/aromatic N) is 4. The summed E-state index contributed by atoms with van der Waals surface area (Å²) in [6.07, 6.45) is 2.30. The van der Waals surface area contributed by atoms with E-state index in [-0.39, 0.29) is 5.91 Å². The van der Waals surface area contributed by atoms with Crippen LogP contribution in [0.15, 0.2) is 23.4 Å². The minimum atomic E-state index is -0.00975. The summed E-state index contributed by atoms with van der Waals surface area (Å²) in [5.41, 5.74) is 3.19. The molecule has 1 N–H and O–H groups in total. The summed E-state index contributed by atoms with van der Waals surface area (Å²) < 4.78 is 7.68. The molecule has 0 atom stereocenters. The number of benzene rings is 1. The van der Waals surface area contributed by atoms with Gasteiger partial charge in [-0.1, -0.05) is 43.8 Å². The zero-order valence-corrected chi connectivity index (χ0v) is 18.2. The Bertz CT molecular complexity index is 872. The van der Waals surface area contributed by atoms with Crippen LogP contribution in [0, 0.1) is 6.92 Å². The van der Waals surface area contributed by atoms with Crippen LogP contribution in [0.4, 0.5) is 11.6 Å². The molecular weight excluding hydrogens is 386 g/mol. The highest BCUT2D eigenvalue weighted by molar-refractivity contribution is 7.99. The molecule has 1 aromatic carbocycles. The van der Waals surface area contributed by atoms with Crippen LogP contribution in [0.2, 0.25) is 0 Å². The summed E-state index contributed by atoms with van der Waals surface area (Å²) in [5, 5.41) is 12.8. The maximum absolute atomic E-state index is 12.7. The van der Waals surface area contributed by atoms with Gasteiger partial charge in [-0.25, -0.2) is 0 Å². The van der Waals surface area contributed by atoms with Crippen molar-refractivity contribution in [2.24, 2.45) is 0 Å². The number of aromatic nitrogens is 3. The Morgan fingerprint density at radius 3 is 2.72 bits per heavy atom. The highest BCUT2D eigenvalue weighted by Crippen LogP contribution is 2.41. The number of ether oxygens (including phenoxy) is 1. The second kappa shape index (κ2) is 8.75. The first-order valence-corrected chi connectivity index (χ1v) is 11.3. The highest BCUT2D eigenvalue weighted by Gasteiger charge is 2.32. The van der Waals surface area contributed by atoms with Crippen LogP contribution in [-0.2, 0) is 9.53 Å². The van der Waals surface area contributed by atoms with Gasteiger partial charge in [-0.15, -0.1) is 10.2 Å². The van der Waals surface area contributed by atoms with E-state index >= 15 is 0 Å². The first-order chi connectivity index (χ1) is 14.0. The molecule has 29 heavy (non-hydrogen) atoms. The maximum atomic E-state index is 12.7. The lowest BCUT2D eigenvalue weighted by atomic mass is 9.98. The van der Waals surface area contributed by atoms with Gasteiger partial charge in [-0.2, -0.15) is 0 Å². The molecule has 2 aromatic rings. The molecule has 2 aliphatic rings. The normalized spacial score (nSPS) is 17.0. The van der Waals surface area contributed by atoms with Crippen LogP contribution >= 0.6 is 11.8 Å². The third kappa shape index (κ3) is 4.59. The summed E-state index contributed by atoms with van der Waals surface area (Å²) in [5.74, 6) is 1.58. The fraction of sp³-hybridized carbons (Fsp3) is 0.571. The Morgan fingerprint density at radius 1 is 1.28 bits per heavy atom. The van der Waals surface area contributed by atoms with Crippen LogP contribution in [0.1, 0.15) is 49.8 Å². The van der Waals surface area contributed by atoms with Crippen molar-refractivity contribution in [3.05, 3.63) is 29.3 Å². The first kappa shape index (κ1) is 20.2. The van der Waals surface area contributed by atoms with Crippen molar-refractivity contribution in [1.82, 2.24) is 14.8 Å². The predicted molar refractivity (Wildman–Crippen MR) is 116 cm³/mol. The standard InChI is InChI=1S/C21H29N5O2S/c1-14(2)17-6-4-5-15(3)19(17)22-18(27)13-29-21-24-23-20(26(21)16-7-8-16)25-9-11-28-12-10-25/h4-6,14,16H,7-13H2,1-3H3,(H,22,27). The van der Waals surface area contributed by atoms with Crippen LogP contribution in [0.3, 0.4) is 0 Å². The smallest absolute Gasteiger partial charge is 0.234 e. The summed E-state index contributed by atoms with van der Waals surface area (Å²) in [6.45, 7) is 9.43. The first-order valence-electron chi connectivity index (χ1n) is 10.3. The lowest BCUT2D eigenvalue weighted by molar-refractivity contribution is -0.113. The second-order valence-corrected chi connectivity index (χ2v) is 8.96. The number of hydrogen-bond acceptors (Lipinski definition) is 6. The van der Waals surface area contributed by atoms with Crippen molar-refractivity contribution >= 4 is 29.3 Å². The Kier molecular flexibility index (Phi) is 6.10. The molecule has 2 fully saturated rings. The molecule has 1 aromatic heterocycles. The van der Waals surface area contributed by atoms with Gasteiger partial charge >= 0.3 is 0 Å². The van der Waals surface area contributed by atoms with E-state index in [0.29, 0.717) is 17.7 Å². The van der Waals surface area contributed by atoms with Gasteiger partial charge in [0, 0.05) is 24.8 Å². The molecule has 4 rings (SSSR count). The number of para-hydroxylation sites is 1. The molecule has 0 spiro atoms. The van der Waals surface area contributed by atoms with E-state index in [2.05, 4.69) is 44.9 Å². The van der Waals surface area contributed by atoms with E-state index < -0.39 is 0 Å². The fourth-order valence-electron chi connectivity index (χ4n) is 3.65. The number of nitrogens with one attached hydrogen (secondary N) is 1. The predicted octanol–water partition coefficient (Wildman–Crippen LogP) is 3.61. The Hall–Kier alpha value is -2.06. The number of rotatable bonds is 7. The van der Waals surface area contributed by atoms with E-state index in [1.807, 2.05) is 19.1 Å². The van der Waals surface area contributed by atoms with Gasteiger partial charge in [0.2, 0.25) is 11.9 Å². The van der Waals surface area contributed by atoms with Gasteiger partial charge in [0.25, 0.3) is 0 Å². The molecule has 1 amide bonds. The Balaban J connectivity index is 1.44. The minimum Gasteiger partial charge on any atom is -0.378 e. The third-order valence-corrected chi connectivity index (χ3v) is 6.32. The van der Waals surface area contributed by atoms with Gasteiger partial charge in [-0.3, -0.25) is 9.36 Å². The van der Waals surface area contributed by atoms with Gasteiger partial charge < -0.3 is 15.0 Å². The number of carbonyl (C=O) groups excluding carboxylic acids is 1. The molecule has 2 heterocycles. The number of anilines is 2. The number of hydrogen-bond donors (Lipinski definition) is 1. The van der Waals surface area contributed by atoms with E-state index in [0.717, 1.165) is 61.5 Å². The number of thioether (sulfide) groups is 1. The zero-order chi connectivity index (χ0) is 20.4. The quantitative estimate of drug-likeness (QED) is 0.697. The minimum absolute atomic E-state index is 0.00975. The second-order valence-electron chi connectivity index (χ2n) is 8.01. The van der Waals surface area contributed by atoms with Gasteiger partial charge in [0.1, 0.15) is 0 Å². The summed E-state index contributed by atoms with van der Waals surface area (Å²) >= 11 is 1.47. The number of morpholine rings is 1. The van der Waals surface area contributed by atoms with Crippen LogP contribution in [-0.4, -0.2) is 52.7 Å². The van der Waals surface area contributed by atoms with Crippen molar-refractivity contribution < 1.29 is 9.53 Å². The summed E-state index contributed by atoms with van der Waals surface area (Å²) in [7, 11) is 0. The molecule has 0 bridgehead atoms. The SMILES string of the molecule is Cc1cccc(C(C)C)c1NC(=O)CSc1nnc(N2CCOCC2)n1C1CC1. The van der Waals surface area contributed by atoms with E-state index in [9.17, 15) is 4.79 Å². The average molecular weight is 416 g/mol. The lowest BCUT2D eigenvalue weighted by Crippen LogP contribution is -2.38. The maximum Gasteiger partial charge on any atom is 0.234 e. The summed E-state index contributed by atoms with van der Waals surface area (Å²) in [6, 6.07) is 6.61. The molecular formula is C21H29N5O2S. The third-order valence-electron chi connectivity index (χ3n) is 5.38. The van der Waals surface area contributed by atoms with Gasteiger partial charge in [0.05, 0.1) is 19.0 Å². The number of aryl methyl sites for hydroxylation is 1. The van der Waals surface area contributed by atoms with Crippen molar-refractivity contribution in [3.63, 3.8) is 0 Å².